The van der Waals surface area contributed by atoms with Crippen LogP contribution in [0, 0.1) is 0 Å². The van der Waals surface area contributed by atoms with Crippen molar-refractivity contribution < 1.29 is 4.74 Å². The second-order valence-corrected chi connectivity index (χ2v) is 2.39. The fourth-order valence-corrected chi connectivity index (χ4v) is 0.798. The molecule has 1 aromatic rings. The molecule has 0 aliphatic carbocycles. The first-order valence-corrected chi connectivity index (χ1v) is 3.50. The van der Waals surface area contributed by atoms with Gasteiger partial charge in [0.15, 0.2) is 0 Å². The van der Waals surface area contributed by atoms with Gasteiger partial charge in [-0.1, -0.05) is 6.07 Å². The monoisotopic (exact) mass is 152 g/mol. The third kappa shape index (κ3) is 1.91. The molecule has 0 saturated heterocycles. The first-order valence-electron chi connectivity index (χ1n) is 3.50. The summed E-state index contributed by atoms with van der Waals surface area (Å²) in [5.41, 5.74) is 6.47. The van der Waals surface area contributed by atoms with Crippen molar-refractivity contribution in [2.45, 2.75) is 13.0 Å². The van der Waals surface area contributed by atoms with E-state index in [1.807, 2.05) is 19.1 Å². The first kappa shape index (κ1) is 8.01. The average molecular weight is 152 g/mol. The molecule has 2 N–H and O–H groups in total. The summed E-state index contributed by atoms with van der Waals surface area (Å²) in [5.74, 6) is 0.611. The second-order valence-electron chi connectivity index (χ2n) is 2.39. The lowest BCUT2D eigenvalue weighted by molar-refractivity contribution is 0.395. The van der Waals surface area contributed by atoms with E-state index in [0.29, 0.717) is 5.88 Å². The van der Waals surface area contributed by atoms with Gasteiger partial charge in [-0.25, -0.2) is 4.98 Å². The van der Waals surface area contributed by atoms with Crippen LogP contribution in [0.4, 0.5) is 0 Å². The summed E-state index contributed by atoms with van der Waals surface area (Å²) in [5, 5.41) is 0. The van der Waals surface area contributed by atoms with Crippen molar-refractivity contribution >= 4 is 0 Å². The van der Waals surface area contributed by atoms with E-state index >= 15 is 0 Å². The Morgan fingerprint density at radius 3 is 2.82 bits per heavy atom. The van der Waals surface area contributed by atoms with Crippen molar-refractivity contribution in [3.63, 3.8) is 0 Å². The molecule has 0 spiro atoms. The van der Waals surface area contributed by atoms with Crippen molar-refractivity contribution in [1.82, 2.24) is 4.98 Å². The Kier molecular flexibility index (Phi) is 2.44. The van der Waals surface area contributed by atoms with Gasteiger partial charge < -0.3 is 10.5 Å². The van der Waals surface area contributed by atoms with Crippen LogP contribution in [-0.2, 0) is 0 Å². The highest BCUT2D eigenvalue weighted by molar-refractivity contribution is 5.17. The lowest BCUT2D eigenvalue weighted by Crippen LogP contribution is -2.07. The molecule has 0 aliphatic heterocycles. The fourth-order valence-electron chi connectivity index (χ4n) is 0.798. The fraction of sp³-hybridized carbons (Fsp3) is 0.375. The summed E-state index contributed by atoms with van der Waals surface area (Å²) in [6.45, 7) is 1.89. The van der Waals surface area contributed by atoms with Crippen LogP contribution in [0.2, 0.25) is 0 Å². The van der Waals surface area contributed by atoms with E-state index < -0.39 is 0 Å². The average Bonchev–Trinajstić information content (AvgIpc) is 2.05. The predicted molar refractivity (Wildman–Crippen MR) is 43.4 cm³/mol. The number of nitrogens with zero attached hydrogens (tertiary/aromatic N) is 1. The van der Waals surface area contributed by atoms with Crippen LogP contribution in [0.15, 0.2) is 18.2 Å². The van der Waals surface area contributed by atoms with Crippen molar-refractivity contribution in [2.24, 2.45) is 5.73 Å². The number of hydrogen-bond donors (Lipinski definition) is 1. The Labute approximate surface area is 66.2 Å². The number of aromatic nitrogens is 1. The van der Waals surface area contributed by atoms with Crippen LogP contribution in [0.5, 0.6) is 5.88 Å². The van der Waals surface area contributed by atoms with Crippen molar-refractivity contribution in [3.8, 4) is 5.88 Å². The van der Waals surface area contributed by atoms with Crippen LogP contribution in [0.3, 0.4) is 0 Å². The molecule has 0 aliphatic rings. The maximum Gasteiger partial charge on any atom is 0.213 e. The topological polar surface area (TPSA) is 48.1 Å². The minimum atomic E-state index is -0.0369. The van der Waals surface area contributed by atoms with Gasteiger partial charge >= 0.3 is 0 Å². The summed E-state index contributed by atoms with van der Waals surface area (Å²) in [6.07, 6.45) is 0. The highest BCUT2D eigenvalue weighted by Gasteiger charge is 2.00. The van der Waals surface area contributed by atoms with E-state index in [1.54, 1.807) is 13.2 Å². The maximum atomic E-state index is 5.62. The molecule has 0 radical (unpaired) electrons. The van der Waals surface area contributed by atoms with Crippen LogP contribution in [-0.4, -0.2) is 12.1 Å². The number of ether oxygens (including phenoxy) is 1. The lowest BCUT2D eigenvalue weighted by atomic mass is 10.2. The third-order valence-electron chi connectivity index (χ3n) is 1.42. The molecule has 11 heavy (non-hydrogen) atoms. The molecule has 0 unspecified atom stereocenters. The molecule has 0 saturated carbocycles. The minimum Gasteiger partial charge on any atom is -0.481 e. The molecule has 0 bridgehead atoms. The zero-order valence-corrected chi connectivity index (χ0v) is 6.74. The molecule has 60 valence electrons. The summed E-state index contributed by atoms with van der Waals surface area (Å²) in [7, 11) is 1.59. The van der Waals surface area contributed by atoms with Gasteiger partial charge in [0, 0.05) is 12.1 Å². The Morgan fingerprint density at radius 1 is 1.55 bits per heavy atom. The SMILES string of the molecule is COc1cccc([C@H](C)N)n1. The molecule has 1 atom stereocenters. The van der Waals surface area contributed by atoms with E-state index in [9.17, 15) is 0 Å². The van der Waals surface area contributed by atoms with Crippen LogP contribution >= 0.6 is 0 Å². The summed E-state index contributed by atoms with van der Waals surface area (Å²) >= 11 is 0. The maximum absolute atomic E-state index is 5.62. The molecular formula is C8H12N2O. The minimum absolute atomic E-state index is 0.0369. The summed E-state index contributed by atoms with van der Waals surface area (Å²) in [4.78, 5) is 4.14. The molecule has 3 nitrogen and oxygen atoms in total. The van der Waals surface area contributed by atoms with Gasteiger partial charge in [0.1, 0.15) is 0 Å². The zero-order valence-electron chi connectivity index (χ0n) is 6.74. The lowest BCUT2D eigenvalue weighted by Gasteiger charge is -2.05. The van der Waals surface area contributed by atoms with Gasteiger partial charge in [-0.15, -0.1) is 0 Å². The van der Waals surface area contributed by atoms with Crippen molar-refractivity contribution in [1.29, 1.82) is 0 Å². The van der Waals surface area contributed by atoms with Gasteiger partial charge in [-0.05, 0) is 13.0 Å². The van der Waals surface area contributed by atoms with E-state index in [0.717, 1.165) is 5.69 Å². The van der Waals surface area contributed by atoms with E-state index in [1.165, 1.54) is 0 Å². The molecule has 0 fully saturated rings. The van der Waals surface area contributed by atoms with Crippen LogP contribution < -0.4 is 10.5 Å². The molecule has 0 aromatic carbocycles. The summed E-state index contributed by atoms with van der Waals surface area (Å²) < 4.78 is 4.94. The molecule has 1 heterocycles. The normalized spacial score (nSPS) is 12.6. The Bertz CT molecular complexity index is 235. The van der Waals surface area contributed by atoms with Crippen LogP contribution in [0.25, 0.3) is 0 Å². The van der Waals surface area contributed by atoms with Gasteiger partial charge in [-0.3, -0.25) is 0 Å². The molecule has 0 amide bonds. The zero-order chi connectivity index (χ0) is 8.27. The Balaban J connectivity index is 2.91. The quantitative estimate of drug-likeness (QED) is 0.690. The first-order chi connectivity index (χ1) is 5.24. The van der Waals surface area contributed by atoms with Gasteiger partial charge in [-0.2, -0.15) is 0 Å². The van der Waals surface area contributed by atoms with Crippen molar-refractivity contribution in [2.75, 3.05) is 7.11 Å². The van der Waals surface area contributed by atoms with E-state index in [4.69, 9.17) is 10.5 Å². The number of nitrogens with two attached hydrogens (primary N) is 1. The highest BCUT2D eigenvalue weighted by Crippen LogP contribution is 2.10. The number of pyridine rings is 1. The van der Waals surface area contributed by atoms with Crippen LogP contribution in [0.1, 0.15) is 18.7 Å². The largest absolute Gasteiger partial charge is 0.481 e. The molecule has 1 rings (SSSR count). The molecular weight excluding hydrogens is 140 g/mol. The Hall–Kier alpha value is -1.09. The summed E-state index contributed by atoms with van der Waals surface area (Å²) in [6, 6.07) is 5.52. The number of rotatable bonds is 2. The second kappa shape index (κ2) is 3.34. The third-order valence-corrected chi connectivity index (χ3v) is 1.42. The Morgan fingerprint density at radius 2 is 2.27 bits per heavy atom. The smallest absolute Gasteiger partial charge is 0.213 e. The number of methoxy groups -OCH3 is 1. The molecule has 3 heteroatoms. The molecule has 1 aromatic heterocycles. The van der Waals surface area contributed by atoms with Gasteiger partial charge in [0.25, 0.3) is 0 Å². The standard InChI is InChI=1S/C8H12N2O/c1-6(9)7-4-3-5-8(10-7)11-2/h3-6H,9H2,1-2H3/t6-/m0/s1. The highest BCUT2D eigenvalue weighted by atomic mass is 16.5. The van der Waals surface area contributed by atoms with Crippen molar-refractivity contribution in [3.05, 3.63) is 23.9 Å². The van der Waals surface area contributed by atoms with Gasteiger partial charge in [0.2, 0.25) is 5.88 Å². The number of hydrogen-bond acceptors (Lipinski definition) is 3. The predicted octanol–water partition coefficient (Wildman–Crippen LogP) is 1.11. The van der Waals surface area contributed by atoms with E-state index in [2.05, 4.69) is 4.98 Å². The van der Waals surface area contributed by atoms with Gasteiger partial charge in [0.05, 0.1) is 12.8 Å². The van der Waals surface area contributed by atoms with E-state index in [-0.39, 0.29) is 6.04 Å².